The first-order valence-corrected chi connectivity index (χ1v) is 8.12. The van der Waals surface area contributed by atoms with Crippen molar-refractivity contribution in [2.24, 2.45) is 4.99 Å². The first kappa shape index (κ1) is 21.2. The van der Waals surface area contributed by atoms with E-state index in [9.17, 15) is 4.39 Å². The maximum atomic E-state index is 13.2. The minimum atomic E-state index is -0.235. The van der Waals surface area contributed by atoms with Gasteiger partial charge >= 0.3 is 0 Å². The van der Waals surface area contributed by atoms with E-state index in [2.05, 4.69) is 22.5 Å². The highest BCUT2D eigenvalue weighted by molar-refractivity contribution is 14.0. The number of ether oxygens (including phenoxy) is 1. The molecule has 0 saturated heterocycles. The van der Waals surface area contributed by atoms with Gasteiger partial charge in [-0.05, 0) is 41.8 Å². The van der Waals surface area contributed by atoms with Gasteiger partial charge < -0.3 is 15.4 Å². The van der Waals surface area contributed by atoms with E-state index < -0.39 is 0 Å². The summed E-state index contributed by atoms with van der Waals surface area (Å²) in [7, 11) is 1.71. The van der Waals surface area contributed by atoms with Crippen LogP contribution in [0, 0.1) is 5.82 Å². The summed E-state index contributed by atoms with van der Waals surface area (Å²) in [5.74, 6) is 1.30. The van der Waals surface area contributed by atoms with Gasteiger partial charge in [-0.1, -0.05) is 31.2 Å². The zero-order chi connectivity index (χ0) is 17.2. The molecule has 0 aromatic heterocycles. The molecular formula is C19H25FIN3O. The highest BCUT2D eigenvalue weighted by Crippen LogP contribution is 2.13. The molecule has 0 bridgehead atoms. The summed E-state index contributed by atoms with van der Waals surface area (Å²) < 4.78 is 18.8. The van der Waals surface area contributed by atoms with Crippen LogP contribution in [0.3, 0.4) is 0 Å². The Hall–Kier alpha value is -1.83. The van der Waals surface area contributed by atoms with Gasteiger partial charge in [-0.15, -0.1) is 24.0 Å². The predicted molar refractivity (Wildman–Crippen MR) is 111 cm³/mol. The smallest absolute Gasteiger partial charge is 0.191 e. The molecular weight excluding hydrogens is 432 g/mol. The van der Waals surface area contributed by atoms with Crippen molar-refractivity contribution in [1.82, 2.24) is 10.6 Å². The number of nitrogens with one attached hydrogen (secondary N) is 2. The van der Waals surface area contributed by atoms with E-state index in [1.807, 2.05) is 30.3 Å². The topological polar surface area (TPSA) is 45.6 Å². The van der Waals surface area contributed by atoms with Crippen LogP contribution in [0.25, 0.3) is 0 Å². The summed E-state index contributed by atoms with van der Waals surface area (Å²) in [5.41, 5.74) is 1.98. The fourth-order valence-corrected chi connectivity index (χ4v) is 2.20. The molecule has 0 unspecified atom stereocenters. The van der Waals surface area contributed by atoms with E-state index in [-0.39, 0.29) is 29.8 Å². The van der Waals surface area contributed by atoms with E-state index in [1.165, 1.54) is 12.1 Å². The van der Waals surface area contributed by atoms with Crippen molar-refractivity contribution < 1.29 is 9.13 Å². The SMILES string of the molecule is CCCOc1cccc(CNC(=NC)NCc2cccc(F)c2)c1.I. The molecule has 6 heteroatoms. The van der Waals surface area contributed by atoms with Crippen LogP contribution in [0.15, 0.2) is 53.5 Å². The predicted octanol–water partition coefficient (Wildman–Crippen LogP) is 4.10. The van der Waals surface area contributed by atoms with Crippen LogP contribution >= 0.6 is 24.0 Å². The number of aliphatic imine (C=N–C) groups is 1. The van der Waals surface area contributed by atoms with Gasteiger partial charge in [0.1, 0.15) is 11.6 Å². The quantitative estimate of drug-likeness (QED) is 0.374. The van der Waals surface area contributed by atoms with Crippen LogP contribution in [0.5, 0.6) is 5.75 Å². The molecule has 0 spiro atoms. The first-order chi connectivity index (χ1) is 11.7. The number of hydrogen-bond acceptors (Lipinski definition) is 2. The second-order valence-corrected chi connectivity index (χ2v) is 5.41. The summed E-state index contributed by atoms with van der Waals surface area (Å²) >= 11 is 0. The third-order valence-electron chi connectivity index (χ3n) is 3.40. The lowest BCUT2D eigenvalue weighted by molar-refractivity contribution is 0.317. The molecule has 2 N–H and O–H groups in total. The normalized spacial score (nSPS) is 10.8. The van der Waals surface area contributed by atoms with Crippen molar-refractivity contribution in [3.8, 4) is 5.75 Å². The van der Waals surface area contributed by atoms with E-state index in [4.69, 9.17) is 4.74 Å². The molecule has 0 heterocycles. The maximum Gasteiger partial charge on any atom is 0.191 e. The van der Waals surface area contributed by atoms with Crippen LogP contribution in [0.4, 0.5) is 4.39 Å². The third-order valence-corrected chi connectivity index (χ3v) is 3.40. The molecule has 4 nitrogen and oxygen atoms in total. The van der Waals surface area contributed by atoms with E-state index in [0.717, 1.165) is 23.3 Å². The summed E-state index contributed by atoms with van der Waals surface area (Å²) in [6.45, 7) is 3.94. The Morgan fingerprint density at radius 1 is 1.04 bits per heavy atom. The number of halogens is 2. The number of rotatable bonds is 7. The number of benzene rings is 2. The number of hydrogen-bond donors (Lipinski definition) is 2. The van der Waals surface area contributed by atoms with Crippen LogP contribution in [-0.4, -0.2) is 19.6 Å². The minimum absolute atomic E-state index is 0. The Bertz CT molecular complexity index is 679. The second kappa shape index (κ2) is 11.7. The van der Waals surface area contributed by atoms with Gasteiger partial charge in [0.05, 0.1) is 6.61 Å². The van der Waals surface area contributed by atoms with Crippen LogP contribution in [0.1, 0.15) is 24.5 Å². The summed E-state index contributed by atoms with van der Waals surface area (Å²) in [6.07, 6.45) is 0.985. The van der Waals surface area contributed by atoms with Crippen molar-refractivity contribution >= 4 is 29.9 Å². The van der Waals surface area contributed by atoms with Crippen LogP contribution in [-0.2, 0) is 13.1 Å². The third kappa shape index (κ3) is 7.72. The fraction of sp³-hybridized carbons (Fsp3) is 0.316. The van der Waals surface area contributed by atoms with Crippen LogP contribution < -0.4 is 15.4 Å². The molecule has 2 rings (SSSR count). The summed E-state index contributed by atoms with van der Waals surface area (Å²) in [5, 5.41) is 6.42. The molecule has 2 aromatic carbocycles. The molecule has 25 heavy (non-hydrogen) atoms. The van der Waals surface area contributed by atoms with Crippen molar-refractivity contribution in [2.75, 3.05) is 13.7 Å². The van der Waals surface area contributed by atoms with Gasteiger partial charge in [-0.2, -0.15) is 0 Å². The number of nitrogens with zero attached hydrogens (tertiary/aromatic N) is 1. The monoisotopic (exact) mass is 457 g/mol. The van der Waals surface area contributed by atoms with Crippen molar-refractivity contribution in [3.05, 3.63) is 65.5 Å². The molecule has 0 aliphatic carbocycles. The van der Waals surface area contributed by atoms with E-state index in [0.29, 0.717) is 25.7 Å². The Morgan fingerprint density at radius 3 is 2.28 bits per heavy atom. The lowest BCUT2D eigenvalue weighted by Gasteiger charge is -2.13. The molecule has 0 aliphatic rings. The lowest BCUT2D eigenvalue weighted by Crippen LogP contribution is -2.36. The van der Waals surface area contributed by atoms with Crippen molar-refractivity contribution in [3.63, 3.8) is 0 Å². The minimum Gasteiger partial charge on any atom is -0.494 e. The highest BCUT2D eigenvalue weighted by atomic mass is 127. The lowest BCUT2D eigenvalue weighted by atomic mass is 10.2. The molecule has 136 valence electrons. The average molecular weight is 457 g/mol. The van der Waals surface area contributed by atoms with Gasteiger partial charge in [0.25, 0.3) is 0 Å². The molecule has 2 aromatic rings. The molecule has 0 saturated carbocycles. The van der Waals surface area contributed by atoms with Gasteiger partial charge in [0.2, 0.25) is 0 Å². The largest absolute Gasteiger partial charge is 0.494 e. The Kier molecular flexibility index (Phi) is 9.91. The summed E-state index contributed by atoms with van der Waals surface area (Å²) in [6, 6.07) is 14.5. The zero-order valence-corrected chi connectivity index (χ0v) is 16.9. The molecule has 0 aliphatic heterocycles. The standard InChI is InChI=1S/C19H24FN3O.HI/c1-3-10-24-18-9-5-7-16(12-18)14-23-19(21-2)22-13-15-6-4-8-17(20)11-15;/h4-9,11-12H,3,10,13-14H2,1-2H3,(H2,21,22,23);1H. The first-order valence-electron chi connectivity index (χ1n) is 8.12. The molecule has 0 fully saturated rings. The van der Waals surface area contributed by atoms with Gasteiger partial charge in [-0.25, -0.2) is 4.39 Å². The highest BCUT2D eigenvalue weighted by Gasteiger charge is 2.01. The van der Waals surface area contributed by atoms with Gasteiger partial charge in [0, 0.05) is 20.1 Å². The van der Waals surface area contributed by atoms with Crippen molar-refractivity contribution in [1.29, 1.82) is 0 Å². The zero-order valence-electron chi connectivity index (χ0n) is 14.6. The maximum absolute atomic E-state index is 13.2. The molecule has 0 atom stereocenters. The Labute approximate surface area is 165 Å². The molecule has 0 radical (unpaired) electrons. The summed E-state index contributed by atoms with van der Waals surface area (Å²) in [4.78, 5) is 4.18. The van der Waals surface area contributed by atoms with Gasteiger partial charge in [-0.3, -0.25) is 4.99 Å². The Balaban J connectivity index is 0.00000312. The fourth-order valence-electron chi connectivity index (χ4n) is 2.20. The van der Waals surface area contributed by atoms with Crippen LogP contribution in [0.2, 0.25) is 0 Å². The van der Waals surface area contributed by atoms with Crippen molar-refractivity contribution in [2.45, 2.75) is 26.4 Å². The van der Waals surface area contributed by atoms with E-state index in [1.54, 1.807) is 13.1 Å². The Morgan fingerprint density at radius 2 is 1.68 bits per heavy atom. The average Bonchev–Trinajstić information content (AvgIpc) is 2.60. The van der Waals surface area contributed by atoms with E-state index >= 15 is 0 Å². The number of guanidine groups is 1. The van der Waals surface area contributed by atoms with Gasteiger partial charge in [0.15, 0.2) is 5.96 Å². The second-order valence-electron chi connectivity index (χ2n) is 5.41. The molecule has 0 amide bonds.